The van der Waals surface area contributed by atoms with Crippen LogP contribution in [0.4, 0.5) is 5.69 Å². The topological polar surface area (TPSA) is 30.5 Å². The van der Waals surface area contributed by atoms with Crippen LogP contribution in [-0.2, 0) is 0 Å². The standard InChI is InChI=1S/C15H25NO2/c1-5-6-7-8-12(2)16-14-10-9-13(17-3)11-15(14)18-4/h9-12,16H,5-8H2,1-4H3. The van der Waals surface area contributed by atoms with Crippen molar-refractivity contribution in [2.45, 2.75) is 45.6 Å². The molecule has 0 aromatic heterocycles. The molecule has 0 amide bonds. The van der Waals surface area contributed by atoms with Crippen LogP contribution in [0.2, 0.25) is 0 Å². The van der Waals surface area contributed by atoms with Crippen LogP contribution in [0, 0.1) is 0 Å². The van der Waals surface area contributed by atoms with Gasteiger partial charge in [-0.2, -0.15) is 0 Å². The lowest BCUT2D eigenvalue weighted by Gasteiger charge is -2.18. The summed E-state index contributed by atoms with van der Waals surface area (Å²) in [4.78, 5) is 0. The van der Waals surface area contributed by atoms with E-state index in [1.54, 1.807) is 14.2 Å². The molecule has 0 aliphatic carbocycles. The Balaban J connectivity index is 2.60. The lowest BCUT2D eigenvalue weighted by atomic mass is 10.1. The van der Waals surface area contributed by atoms with E-state index in [0.29, 0.717) is 6.04 Å². The highest BCUT2D eigenvalue weighted by atomic mass is 16.5. The second-order valence-corrected chi connectivity index (χ2v) is 4.61. The molecule has 0 radical (unpaired) electrons. The Morgan fingerprint density at radius 2 is 1.94 bits per heavy atom. The maximum absolute atomic E-state index is 5.37. The maximum atomic E-state index is 5.37. The van der Waals surface area contributed by atoms with Gasteiger partial charge in [-0.15, -0.1) is 0 Å². The average molecular weight is 251 g/mol. The molecule has 1 N–H and O–H groups in total. The minimum Gasteiger partial charge on any atom is -0.497 e. The highest BCUT2D eigenvalue weighted by molar-refractivity contribution is 5.59. The van der Waals surface area contributed by atoms with Crippen LogP contribution in [0.5, 0.6) is 11.5 Å². The summed E-state index contributed by atoms with van der Waals surface area (Å²) in [6.45, 7) is 4.43. The first-order valence-corrected chi connectivity index (χ1v) is 6.69. The normalized spacial score (nSPS) is 12.0. The SMILES string of the molecule is CCCCCC(C)Nc1ccc(OC)cc1OC. The van der Waals surface area contributed by atoms with Crippen LogP contribution in [0.1, 0.15) is 39.5 Å². The van der Waals surface area contributed by atoms with Crippen molar-refractivity contribution in [3.63, 3.8) is 0 Å². The Hall–Kier alpha value is -1.38. The summed E-state index contributed by atoms with van der Waals surface area (Å²) in [7, 11) is 3.34. The molecule has 1 unspecified atom stereocenters. The van der Waals surface area contributed by atoms with E-state index in [4.69, 9.17) is 9.47 Å². The van der Waals surface area contributed by atoms with Crippen molar-refractivity contribution in [1.29, 1.82) is 0 Å². The second-order valence-electron chi connectivity index (χ2n) is 4.61. The Kier molecular flexibility index (Phi) is 6.40. The minimum atomic E-state index is 0.457. The van der Waals surface area contributed by atoms with Crippen LogP contribution < -0.4 is 14.8 Å². The molecular weight excluding hydrogens is 226 g/mol. The Morgan fingerprint density at radius 3 is 2.56 bits per heavy atom. The van der Waals surface area contributed by atoms with Crippen molar-refractivity contribution in [1.82, 2.24) is 0 Å². The van der Waals surface area contributed by atoms with Gasteiger partial charge in [-0.05, 0) is 25.5 Å². The molecule has 1 rings (SSSR count). The molecule has 1 aromatic rings. The van der Waals surface area contributed by atoms with Gasteiger partial charge >= 0.3 is 0 Å². The predicted molar refractivity (Wildman–Crippen MR) is 76.8 cm³/mol. The third kappa shape index (κ3) is 4.47. The number of unbranched alkanes of at least 4 members (excludes halogenated alkanes) is 2. The predicted octanol–water partition coefficient (Wildman–Crippen LogP) is 4.08. The number of hydrogen-bond donors (Lipinski definition) is 1. The fourth-order valence-electron chi connectivity index (χ4n) is 1.96. The summed E-state index contributed by atoms with van der Waals surface area (Å²) in [5.74, 6) is 1.65. The van der Waals surface area contributed by atoms with E-state index < -0.39 is 0 Å². The third-order valence-electron chi connectivity index (χ3n) is 3.05. The molecule has 0 aliphatic heterocycles. The molecule has 0 aliphatic rings. The molecule has 0 bridgehead atoms. The van der Waals surface area contributed by atoms with Gasteiger partial charge < -0.3 is 14.8 Å². The number of anilines is 1. The third-order valence-corrected chi connectivity index (χ3v) is 3.05. The number of benzene rings is 1. The zero-order chi connectivity index (χ0) is 13.4. The average Bonchev–Trinajstić information content (AvgIpc) is 2.39. The highest BCUT2D eigenvalue weighted by Crippen LogP contribution is 2.29. The van der Waals surface area contributed by atoms with Crippen molar-refractivity contribution < 1.29 is 9.47 Å². The molecule has 102 valence electrons. The molecule has 0 heterocycles. The summed E-state index contributed by atoms with van der Waals surface area (Å²) in [6.07, 6.45) is 5.01. The fraction of sp³-hybridized carbons (Fsp3) is 0.600. The van der Waals surface area contributed by atoms with Gasteiger partial charge in [-0.1, -0.05) is 26.2 Å². The van der Waals surface area contributed by atoms with Gasteiger partial charge in [0.15, 0.2) is 0 Å². The lowest BCUT2D eigenvalue weighted by molar-refractivity contribution is 0.395. The molecule has 1 aromatic carbocycles. The van der Waals surface area contributed by atoms with Crippen LogP contribution in [-0.4, -0.2) is 20.3 Å². The summed E-state index contributed by atoms with van der Waals surface area (Å²) in [6, 6.07) is 6.32. The fourth-order valence-corrected chi connectivity index (χ4v) is 1.96. The van der Waals surface area contributed by atoms with E-state index in [1.807, 2.05) is 18.2 Å². The summed E-state index contributed by atoms with van der Waals surface area (Å²) in [5.41, 5.74) is 1.03. The van der Waals surface area contributed by atoms with Crippen LogP contribution in [0.15, 0.2) is 18.2 Å². The first-order valence-electron chi connectivity index (χ1n) is 6.69. The molecular formula is C15H25NO2. The van der Waals surface area contributed by atoms with Gasteiger partial charge in [-0.25, -0.2) is 0 Å². The van der Waals surface area contributed by atoms with Crippen molar-refractivity contribution in [3.8, 4) is 11.5 Å². The monoisotopic (exact) mass is 251 g/mol. The van der Waals surface area contributed by atoms with E-state index in [9.17, 15) is 0 Å². The zero-order valence-corrected chi connectivity index (χ0v) is 12.0. The summed E-state index contributed by atoms with van der Waals surface area (Å²) < 4.78 is 10.6. The lowest BCUT2D eigenvalue weighted by Crippen LogP contribution is -2.15. The molecule has 0 saturated heterocycles. The second kappa shape index (κ2) is 7.85. The Labute approximate surface area is 110 Å². The molecule has 0 fully saturated rings. The van der Waals surface area contributed by atoms with Gasteiger partial charge in [-0.3, -0.25) is 0 Å². The smallest absolute Gasteiger partial charge is 0.145 e. The summed E-state index contributed by atoms with van der Waals surface area (Å²) in [5, 5.41) is 3.49. The highest BCUT2D eigenvalue weighted by Gasteiger charge is 2.08. The number of hydrogen-bond acceptors (Lipinski definition) is 3. The molecule has 0 saturated carbocycles. The number of nitrogens with one attached hydrogen (secondary N) is 1. The van der Waals surface area contributed by atoms with E-state index in [2.05, 4.69) is 19.2 Å². The molecule has 18 heavy (non-hydrogen) atoms. The molecule has 0 spiro atoms. The quantitative estimate of drug-likeness (QED) is 0.706. The Bertz CT molecular complexity index is 352. The number of rotatable bonds is 8. The van der Waals surface area contributed by atoms with Crippen LogP contribution >= 0.6 is 0 Å². The molecule has 1 atom stereocenters. The van der Waals surface area contributed by atoms with E-state index >= 15 is 0 Å². The van der Waals surface area contributed by atoms with Gasteiger partial charge in [0.1, 0.15) is 11.5 Å². The van der Waals surface area contributed by atoms with Gasteiger partial charge in [0, 0.05) is 12.1 Å². The van der Waals surface area contributed by atoms with Gasteiger partial charge in [0.25, 0.3) is 0 Å². The van der Waals surface area contributed by atoms with Crippen molar-refractivity contribution >= 4 is 5.69 Å². The zero-order valence-electron chi connectivity index (χ0n) is 12.0. The van der Waals surface area contributed by atoms with E-state index in [1.165, 1.54) is 25.7 Å². The van der Waals surface area contributed by atoms with Gasteiger partial charge in [0.2, 0.25) is 0 Å². The van der Waals surface area contributed by atoms with Gasteiger partial charge in [0.05, 0.1) is 19.9 Å². The minimum absolute atomic E-state index is 0.457. The first kappa shape index (κ1) is 14.7. The number of methoxy groups -OCH3 is 2. The van der Waals surface area contributed by atoms with E-state index in [0.717, 1.165) is 17.2 Å². The Morgan fingerprint density at radius 1 is 1.17 bits per heavy atom. The largest absolute Gasteiger partial charge is 0.497 e. The van der Waals surface area contributed by atoms with Crippen molar-refractivity contribution in [3.05, 3.63) is 18.2 Å². The summed E-state index contributed by atoms with van der Waals surface area (Å²) >= 11 is 0. The molecule has 3 heteroatoms. The van der Waals surface area contributed by atoms with Crippen LogP contribution in [0.3, 0.4) is 0 Å². The maximum Gasteiger partial charge on any atom is 0.145 e. The number of ether oxygens (including phenoxy) is 2. The molecule has 3 nitrogen and oxygen atoms in total. The van der Waals surface area contributed by atoms with Crippen molar-refractivity contribution in [2.24, 2.45) is 0 Å². The van der Waals surface area contributed by atoms with Crippen LogP contribution in [0.25, 0.3) is 0 Å². The first-order chi connectivity index (χ1) is 8.71. The van der Waals surface area contributed by atoms with E-state index in [-0.39, 0.29) is 0 Å². The van der Waals surface area contributed by atoms with Crippen molar-refractivity contribution in [2.75, 3.05) is 19.5 Å².